The second-order valence-corrected chi connectivity index (χ2v) is 9.60. The first-order chi connectivity index (χ1) is 19.8. The molecule has 212 valence electrons. The molecule has 5 rings (SSSR count). The van der Waals surface area contributed by atoms with Gasteiger partial charge in [-0.2, -0.15) is 4.98 Å². The third kappa shape index (κ3) is 5.71. The molecule has 0 radical (unpaired) electrons. The van der Waals surface area contributed by atoms with Crippen LogP contribution in [0.25, 0.3) is 11.2 Å². The number of hydrogen-bond acceptors (Lipinski definition) is 10. The van der Waals surface area contributed by atoms with Gasteiger partial charge in [0.1, 0.15) is 6.10 Å². The number of esters is 2. The second-order valence-electron chi connectivity index (χ2n) is 9.60. The highest BCUT2D eigenvalue weighted by molar-refractivity contribution is 5.91. The van der Waals surface area contributed by atoms with Gasteiger partial charge in [0.05, 0.1) is 24.1 Å². The molecule has 0 saturated carbocycles. The molecule has 2 aromatic carbocycles. The second kappa shape index (κ2) is 11.7. The monoisotopic (exact) mass is 561 g/mol. The minimum atomic E-state index is -1.29. The number of aromatic amines is 1. The molecule has 1 saturated heterocycles. The number of nitrogens with zero attached hydrogens (tertiary/aromatic N) is 3. The van der Waals surface area contributed by atoms with Gasteiger partial charge >= 0.3 is 11.9 Å². The van der Waals surface area contributed by atoms with Gasteiger partial charge in [0.25, 0.3) is 5.56 Å². The number of fused-ring (bicyclic) bond motifs is 1. The lowest BCUT2D eigenvalue weighted by molar-refractivity contribution is -0.118. The SMILES string of the molecule is CC(C)C(=O)Nc1nc2c(ncn2[C@@H]2O[C@H](CO)[C@@H](OC(=O)c3ccccc3)[C@H]2OC(=O)c2ccccc2)c(=O)[nH]1. The van der Waals surface area contributed by atoms with Crippen molar-refractivity contribution in [2.45, 2.75) is 38.4 Å². The minimum Gasteiger partial charge on any atom is -0.452 e. The van der Waals surface area contributed by atoms with Crippen LogP contribution in [0.15, 0.2) is 71.8 Å². The molecule has 3 heterocycles. The van der Waals surface area contributed by atoms with Crippen molar-refractivity contribution >= 4 is 35.0 Å². The Morgan fingerprint density at radius 1 is 1.00 bits per heavy atom. The van der Waals surface area contributed by atoms with E-state index in [-0.39, 0.29) is 40.1 Å². The van der Waals surface area contributed by atoms with Gasteiger partial charge in [-0.25, -0.2) is 14.6 Å². The van der Waals surface area contributed by atoms with Crippen LogP contribution < -0.4 is 10.9 Å². The number of imidazole rings is 1. The predicted molar refractivity (Wildman–Crippen MR) is 144 cm³/mol. The third-order valence-corrected chi connectivity index (χ3v) is 6.44. The smallest absolute Gasteiger partial charge is 0.338 e. The first-order valence-electron chi connectivity index (χ1n) is 12.8. The maximum absolute atomic E-state index is 13.1. The molecule has 41 heavy (non-hydrogen) atoms. The van der Waals surface area contributed by atoms with Crippen LogP contribution in [-0.2, 0) is 19.0 Å². The summed E-state index contributed by atoms with van der Waals surface area (Å²) in [6.45, 7) is 2.78. The highest BCUT2D eigenvalue weighted by atomic mass is 16.6. The van der Waals surface area contributed by atoms with Gasteiger partial charge < -0.3 is 19.3 Å². The Balaban J connectivity index is 1.55. The average Bonchev–Trinajstić information content (AvgIpc) is 3.55. The lowest BCUT2D eigenvalue weighted by Gasteiger charge is -2.24. The number of ether oxygens (including phenoxy) is 3. The number of amides is 1. The number of anilines is 1. The molecule has 1 aliphatic heterocycles. The van der Waals surface area contributed by atoms with Crippen molar-refractivity contribution in [3.63, 3.8) is 0 Å². The fourth-order valence-electron chi connectivity index (χ4n) is 4.31. The number of nitrogens with one attached hydrogen (secondary N) is 2. The summed E-state index contributed by atoms with van der Waals surface area (Å²) in [7, 11) is 0. The predicted octanol–water partition coefficient (Wildman–Crippen LogP) is 2.05. The van der Waals surface area contributed by atoms with Crippen LogP contribution in [0, 0.1) is 5.92 Å². The first-order valence-corrected chi connectivity index (χ1v) is 12.8. The number of aliphatic hydroxyl groups excluding tert-OH is 1. The molecule has 4 atom stereocenters. The number of rotatable bonds is 8. The van der Waals surface area contributed by atoms with E-state index in [1.54, 1.807) is 74.5 Å². The number of carbonyl (C=O) groups excluding carboxylic acids is 3. The van der Waals surface area contributed by atoms with Crippen LogP contribution in [0.1, 0.15) is 40.8 Å². The molecule has 3 N–H and O–H groups in total. The van der Waals surface area contributed by atoms with Crippen LogP contribution in [0.2, 0.25) is 0 Å². The van der Waals surface area contributed by atoms with Crippen molar-refractivity contribution < 1.29 is 33.7 Å². The molecule has 2 aromatic heterocycles. The summed E-state index contributed by atoms with van der Waals surface area (Å²) in [5, 5.41) is 12.7. The van der Waals surface area contributed by atoms with Crippen LogP contribution in [0.4, 0.5) is 5.95 Å². The van der Waals surface area contributed by atoms with Crippen LogP contribution in [0.5, 0.6) is 0 Å². The van der Waals surface area contributed by atoms with Crippen molar-refractivity contribution in [3.05, 3.63) is 88.5 Å². The first kappa shape index (κ1) is 27.7. The Morgan fingerprint density at radius 2 is 1.59 bits per heavy atom. The van der Waals surface area contributed by atoms with E-state index in [1.807, 2.05) is 0 Å². The Kier molecular flexibility index (Phi) is 7.90. The highest BCUT2D eigenvalue weighted by Crippen LogP contribution is 2.36. The van der Waals surface area contributed by atoms with Gasteiger partial charge in [0.15, 0.2) is 29.6 Å². The summed E-state index contributed by atoms with van der Waals surface area (Å²) in [4.78, 5) is 62.1. The van der Waals surface area contributed by atoms with Gasteiger partial charge in [-0.05, 0) is 24.3 Å². The number of aliphatic hydroxyl groups is 1. The van der Waals surface area contributed by atoms with E-state index < -0.39 is 48.6 Å². The summed E-state index contributed by atoms with van der Waals surface area (Å²) >= 11 is 0. The average molecular weight is 562 g/mol. The quantitative estimate of drug-likeness (QED) is 0.270. The lowest BCUT2D eigenvalue weighted by atomic mass is 10.1. The maximum atomic E-state index is 13.1. The van der Waals surface area contributed by atoms with Crippen molar-refractivity contribution in [3.8, 4) is 0 Å². The van der Waals surface area contributed by atoms with Crippen LogP contribution in [-0.4, -0.2) is 67.4 Å². The van der Waals surface area contributed by atoms with E-state index in [9.17, 15) is 24.3 Å². The Hall–Kier alpha value is -4.88. The molecule has 1 aliphatic rings. The minimum absolute atomic E-state index is 0.00490. The molecule has 0 spiro atoms. The fourth-order valence-corrected chi connectivity index (χ4v) is 4.31. The van der Waals surface area contributed by atoms with Crippen molar-refractivity contribution in [1.82, 2.24) is 19.5 Å². The largest absolute Gasteiger partial charge is 0.452 e. The highest BCUT2D eigenvalue weighted by Gasteiger charge is 2.51. The zero-order chi connectivity index (χ0) is 29.1. The van der Waals surface area contributed by atoms with Gasteiger partial charge in [-0.1, -0.05) is 50.2 Å². The van der Waals surface area contributed by atoms with Crippen molar-refractivity contribution in [1.29, 1.82) is 0 Å². The zero-order valence-corrected chi connectivity index (χ0v) is 22.1. The number of hydrogen-bond donors (Lipinski definition) is 3. The Bertz CT molecular complexity index is 1620. The molecule has 13 heteroatoms. The molecule has 13 nitrogen and oxygen atoms in total. The van der Waals surface area contributed by atoms with E-state index in [0.717, 1.165) is 0 Å². The summed E-state index contributed by atoms with van der Waals surface area (Å²) < 4.78 is 18.9. The lowest BCUT2D eigenvalue weighted by Crippen LogP contribution is -2.40. The van der Waals surface area contributed by atoms with E-state index in [2.05, 4.69) is 20.3 Å². The topological polar surface area (TPSA) is 175 Å². The molecule has 1 fully saturated rings. The molecule has 0 unspecified atom stereocenters. The Labute approximate surface area is 233 Å². The van der Waals surface area contributed by atoms with Crippen molar-refractivity contribution in [2.24, 2.45) is 5.92 Å². The molecule has 0 aliphatic carbocycles. The van der Waals surface area contributed by atoms with E-state index in [0.29, 0.717) is 0 Å². The molecular weight excluding hydrogens is 534 g/mol. The number of carbonyl (C=O) groups is 3. The summed E-state index contributed by atoms with van der Waals surface area (Å²) in [6, 6.07) is 16.4. The summed E-state index contributed by atoms with van der Waals surface area (Å²) in [5.74, 6) is -2.33. The van der Waals surface area contributed by atoms with Crippen molar-refractivity contribution in [2.75, 3.05) is 11.9 Å². The Morgan fingerprint density at radius 3 is 2.15 bits per heavy atom. The standard InChI is InChI=1S/C28H27N5O8/c1-15(2)23(35)31-28-30-22-19(24(36)32-28)29-14-33(22)25-21(41-27(38)17-11-7-4-8-12-17)20(18(13-34)39-25)40-26(37)16-9-5-3-6-10-16/h3-12,14-15,18,20-21,25,34H,13H2,1-2H3,(H2,30,31,32,35,36)/t18-,20-,21-,25-/m1/s1. The molecule has 0 bridgehead atoms. The van der Waals surface area contributed by atoms with Crippen LogP contribution >= 0.6 is 0 Å². The van der Waals surface area contributed by atoms with Gasteiger partial charge in [0.2, 0.25) is 11.9 Å². The fraction of sp³-hybridized carbons (Fsp3) is 0.286. The number of aromatic nitrogens is 4. The van der Waals surface area contributed by atoms with Crippen LogP contribution in [0.3, 0.4) is 0 Å². The van der Waals surface area contributed by atoms with E-state index in [1.165, 1.54) is 10.9 Å². The van der Waals surface area contributed by atoms with Gasteiger partial charge in [-0.3, -0.25) is 24.5 Å². The zero-order valence-electron chi connectivity index (χ0n) is 22.1. The van der Waals surface area contributed by atoms with Gasteiger partial charge in [-0.15, -0.1) is 0 Å². The third-order valence-electron chi connectivity index (χ3n) is 6.44. The molecule has 4 aromatic rings. The summed E-state index contributed by atoms with van der Waals surface area (Å²) in [6.07, 6.45) is -3.61. The van der Waals surface area contributed by atoms with E-state index >= 15 is 0 Å². The summed E-state index contributed by atoms with van der Waals surface area (Å²) in [5.41, 5.74) is -0.225. The number of benzene rings is 2. The molecule has 1 amide bonds. The van der Waals surface area contributed by atoms with E-state index in [4.69, 9.17) is 14.2 Å². The molecular formula is C28H27N5O8. The van der Waals surface area contributed by atoms with Gasteiger partial charge in [0, 0.05) is 5.92 Å². The number of H-pyrrole nitrogens is 1. The maximum Gasteiger partial charge on any atom is 0.338 e. The normalized spacial score (nSPS) is 20.2.